The van der Waals surface area contributed by atoms with E-state index in [9.17, 15) is 9.59 Å². The lowest BCUT2D eigenvalue weighted by Crippen LogP contribution is -2.59. The van der Waals surface area contributed by atoms with E-state index < -0.39 is 0 Å². The maximum Gasteiger partial charge on any atom is 0.315 e. The van der Waals surface area contributed by atoms with Crippen LogP contribution < -0.4 is 20.7 Å². The molecular formula is C26H34N4O3. The molecule has 3 N–H and O–H groups in total. The number of benzene rings is 1. The predicted octanol–water partition coefficient (Wildman–Crippen LogP) is 3.54. The molecule has 0 radical (unpaired) electrons. The number of nitrogens with zero attached hydrogens (tertiary/aromatic N) is 1. The number of carbonyl (C=O) groups is 2. The molecule has 3 amide bonds. The fraction of sp³-hybridized carbons (Fsp3) is 0.500. The Bertz CT molecular complexity index is 961. The molecule has 176 valence electrons. The summed E-state index contributed by atoms with van der Waals surface area (Å²) in [5, 5.41) is 9.12. The first kappa shape index (κ1) is 23.1. The molecule has 1 aromatic heterocycles. The molecule has 33 heavy (non-hydrogen) atoms. The Morgan fingerprint density at radius 2 is 1.70 bits per heavy atom. The largest absolute Gasteiger partial charge is 0.497 e. The SMILES string of the molecule is COc1ccc(CNC(=O)NC2CC3(C2)CC(C(=O)NCC(C)(C)c2ccncc2)C3)cc1. The van der Waals surface area contributed by atoms with Gasteiger partial charge >= 0.3 is 6.03 Å². The fourth-order valence-corrected chi connectivity index (χ4v) is 5.11. The van der Waals surface area contributed by atoms with E-state index >= 15 is 0 Å². The van der Waals surface area contributed by atoms with Crippen molar-refractivity contribution in [3.05, 3.63) is 59.9 Å². The lowest BCUT2D eigenvalue weighted by Gasteiger charge is -2.57. The first-order chi connectivity index (χ1) is 15.8. The van der Waals surface area contributed by atoms with Gasteiger partial charge in [-0.2, -0.15) is 0 Å². The van der Waals surface area contributed by atoms with Crippen LogP contribution in [0.25, 0.3) is 0 Å². The van der Waals surface area contributed by atoms with Crippen molar-refractivity contribution in [3.8, 4) is 5.75 Å². The number of pyridine rings is 1. The summed E-state index contributed by atoms with van der Waals surface area (Å²) in [6, 6.07) is 11.7. The first-order valence-electron chi connectivity index (χ1n) is 11.6. The van der Waals surface area contributed by atoms with Crippen LogP contribution in [-0.2, 0) is 16.8 Å². The molecule has 2 saturated carbocycles. The molecule has 2 aliphatic rings. The fourth-order valence-electron chi connectivity index (χ4n) is 5.11. The van der Waals surface area contributed by atoms with Crippen LogP contribution in [0.3, 0.4) is 0 Å². The number of urea groups is 1. The summed E-state index contributed by atoms with van der Waals surface area (Å²) in [4.78, 5) is 28.9. The van der Waals surface area contributed by atoms with Crippen LogP contribution in [0, 0.1) is 11.3 Å². The van der Waals surface area contributed by atoms with Crippen LogP contribution in [0.15, 0.2) is 48.8 Å². The van der Waals surface area contributed by atoms with Gasteiger partial charge < -0.3 is 20.7 Å². The van der Waals surface area contributed by atoms with Gasteiger partial charge in [0.15, 0.2) is 0 Å². The van der Waals surface area contributed by atoms with E-state index in [0.717, 1.165) is 37.0 Å². The van der Waals surface area contributed by atoms with Gasteiger partial charge in [0.1, 0.15) is 5.75 Å². The highest BCUT2D eigenvalue weighted by Gasteiger charge is 2.55. The Balaban J connectivity index is 1.13. The van der Waals surface area contributed by atoms with Gasteiger partial charge in [-0.05, 0) is 66.5 Å². The molecule has 0 bridgehead atoms. The second-order valence-electron chi connectivity index (χ2n) is 10.2. The molecule has 7 heteroatoms. The van der Waals surface area contributed by atoms with Crippen molar-refractivity contribution in [1.82, 2.24) is 20.9 Å². The predicted molar refractivity (Wildman–Crippen MR) is 127 cm³/mol. The second kappa shape index (κ2) is 9.41. The average molecular weight is 451 g/mol. The minimum Gasteiger partial charge on any atom is -0.497 e. The van der Waals surface area contributed by atoms with Gasteiger partial charge in [0.2, 0.25) is 5.91 Å². The minimum absolute atomic E-state index is 0.0862. The van der Waals surface area contributed by atoms with E-state index in [1.165, 1.54) is 5.56 Å². The van der Waals surface area contributed by atoms with Crippen molar-refractivity contribution in [2.24, 2.45) is 11.3 Å². The quantitative estimate of drug-likeness (QED) is 0.574. The highest BCUT2D eigenvalue weighted by molar-refractivity contribution is 5.80. The summed E-state index contributed by atoms with van der Waals surface area (Å²) in [6.07, 6.45) is 7.31. The summed E-state index contributed by atoms with van der Waals surface area (Å²) in [5.74, 6) is 1.03. The van der Waals surface area contributed by atoms with Crippen molar-refractivity contribution < 1.29 is 14.3 Å². The maximum absolute atomic E-state index is 12.6. The van der Waals surface area contributed by atoms with Crippen molar-refractivity contribution >= 4 is 11.9 Å². The number of amides is 3. The van der Waals surface area contributed by atoms with Crippen LogP contribution in [-0.4, -0.2) is 36.6 Å². The summed E-state index contributed by atoms with van der Waals surface area (Å²) >= 11 is 0. The molecule has 1 spiro atoms. The van der Waals surface area contributed by atoms with Crippen LogP contribution in [0.1, 0.15) is 50.7 Å². The summed E-state index contributed by atoms with van der Waals surface area (Å²) in [6.45, 7) is 5.35. The number of rotatable bonds is 8. The standard InChI is InChI=1S/C26H34N4O3/c1-25(2,20-8-10-27-11-9-20)17-29-23(31)19-12-26(13-19)14-21(15-26)30-24(32)28-16-18-4-6-22(33-3)7-5-18/h4-11,19,21H,12-17H2,1-3H3,(H,29,31)(H2,28,30,32). The van der Waals surface area contributed by atoms with Gasteiger partial charge in [-0.25, -0.2) is 4.79 Å². The van der Waals surface area contributed by atoms with Crippen molar-refractivity contribution in [3.63, 3.8) is 0 Å². The Labute approximate surface area is 195 Å². The number of aromatic nitrogens is 1. The average Bonchev–Trinajstić information content (AvgIpc) is 2.77. The normalized spacial score (nSPS) is 23.7. The second-order valence-corrected chi connectivity index (χ2v) is 10.2. The zero-order valence-electron chi connectivity index (χ0n) is 19.7. The lowest BCUT2D eigenvalue weighted by atomic mass is 9.50. The van der Waals surface area contributed by atoms with Gasteiger partial charge in [0, 0.05) is 42.9 Å². The van der Waals surface area contributed by atoms with Crippen LogP contribution in [0.5, 0.6) is 5.75 Å². The van der Waals surface area contributed by atoms with E-state index in [1.807, 2.05) is 36.4 Å². The van der Waals surface area contributed by atoms with Gasteiger partial charge in [0.25, 0.3) is 0 Å². The van der Waals surface area contributed by atoms with Crippen LogP contribution in [0.2, 0.25) is 0 Å². The Morgan fingerprint density at radius 3 is 2.33 bits per heavy atom. The van der Waals surface area contributed by atoms with E-state index in [4.69, 9.17) is 4.74 Å². The first-order valence-corrected chi connectivity index (χ1v) is 11.6. The third kappa shape index (κ3) is 5.46. The molecule has 0 unspecified atom stereocenters. The van der Waals surface area contributed by atoms with Crippen molar-refractivity contribution in [1.29, 1.82) is 0 Å². The van der Waals surface area contributed by atoms with E-state index in [2.05, 4.69) is 34.8 Å². The Morgan fingerprint density at radius 1 is 1.03 bits per heavy atom. The molecule has 4 rings (SSSR count). The van der Waals surface area contributed by atoms with Gasteiger partial charge in [-0.1, -0.05) is 26.0 Å². The molecule has 2 aliphatic carbocycles. The number of methoxy groups -OCH3 is 1. The lowest BCUT2D eigenvalue weighted by molar-refractivity contribution is -0.138. The van der Waals surface area contributed by atoms with E-state index in [0.29, 0.717) is 13.1 Å². The zero-order chi connectivity index (χ0) is 23.5. The monoisotopic (exact) mass is 450 g/mol. The summed E-state index contributed by atoms with van der Waals surface area (Å²) < 4.78 is 5.15. The maximum atomic E-state index is 12.6. The zero-order valence-corrected chi connectivity index (χ0v) is 19.7. The van der Waals surface area contributed by atoms with Crippen molar-refractivity contribution in [2.45, 2.75) is 57.5 Å². The number of carbonyl (C=O) groups excluding carboxylic acids is 2. The number of hydrogen-bond acceptors (Lipinski definition) is 4. The Kier molecular flexibility index (Phi) is 6.58. The van der Waals surface area contributed by atoms with E-state index in [1.54, 1.807) is 19.5 Å². The van der Waals surface area contributed by atoms with Gasteiger partial charge in [-0.15, -0.1) is 0 Å². The van der Waals surface area contributed by atoms with Crippen LogP contribution in [0.4, 0.5) is 4.79 Å². The highest BCUT2D eigenvalue weighted by Crippen LogP contribution is 2.58. The smallest absolute Gasteiger partial charge is 0.315 e. The molecule has 0 saturated heterocycles. The summed E-state index contributed by atoms with van der Waals surface area (Å²) in [7, 11) is 1.63. The molecule has 0 atom stereocenters. The summed E-state index contributed by atoms with van der Waals surface area (Å²) in [5.41, 5.74) is 2.29. The van der Waals surface area contributed by atoms with Crippen LogP contribution >= 0.6 is 0 Å². The van der Waals surface area contributed by atoms with Gasteiger partial charge in [0.05, 0.1) is 7.11 Å². The minimum atomic E-state index is -0.141. The molecule has 0 aliphatic heterocycles. The number of nitrogens with one attached hydrogen (secondary N) is 3. The molecule has 7 nitrogen and oxygen atoms in total. The van der Waals surface area contributed by atoms with Gasteiger partial charge in [-0.3, -0.25) is 9.78 Å². The topological polar surface area (TPSA) is 92.4 Å². The van der Waals surface area contributed by atoms with Crippen molar-refractivity contribution in [2.75, 3.05) is 13.7 Å². The highest BCUT2D eigenvalue weighted by atomic mass is 16.5. The third-order valence-electron chi connectivity index (χ3n) is 7.20. The van der Waals surface area contributed by atoms with E-state index in [-0.39, 0.29) is 34.7 Å². The molecular weight excluding hydrogens is 416 g/mol. The third-order valence-corrected chi connectivity index (χ3v) is 7.20. The molecule has 1 heterocycles. The molecule has 2 fully saturated rings. The molecule has 2 aromatic rings. The number of ether oxygens (including phenoxy) is 1. The Hall–Kier alpha value is -3.09. The molecule has 1 aromatic carbocycles. The number of hydrogen-bond donors (Lipinski definition) is 3.